The Kier molecular flexibility index (Phi) is 11.9. The van der Waals surface area contributed by atoms with Gasteiger partial charge in [0.15, 0.2) is 0 Å². The van der Waals surface area contributed by atoms with Gasteiger partial charge in [-0.2, -0.15) is 0 Å². The normalized spacial score (nSPS) is 12.3. The summed E-state index contributed by atoms with van der Waals surface area (Å²) in [7, 11) is 0. The van der Waals surface area contributed by atoms with Gasteiger partial charge in [0.25, 0.3) is 0 Å². The monoisotopic (exact) mass is 1140 g/mol. The molecule has 9 aromatic carbocycles. The molecule has 12 aromatic rings. The summed E-state index contributed by atoms with van der Waals surface area (Å²) < 4.78 is 9.26. The molecule has 0 unspecified atom stereocenters. The van der Waals surface area contributed by atoms with Crippen molar-refractivity contribution in [2.75, 3.05) is 0 Å². The third-order valence-corrected chi connectivity index (χ3v) is 14.7. The summed E-state index contributed by atoms with van der Waals surface area (Å²) in [5.41, 5.74) is 15.0. The number of fused-ring (bicyclic) bond motifs is 8. The molecule has 3 aromatic heterocycles. The predicted octanol–water partition coefficient (Wildman–Crippen LogP) is 18.4. The molecule has 1 N–H and O–H groups in total. The summed E-state index contributed by atoms with van der Waals surface area (Å²) in [6, 6.07) is 66.3. The molecule has 0 amide bonds. The largest absolute Gasteiger partial charge is 0.507 e. The van der Waals surface area contributed by atoms with Crippen molar-refractivity contribution in [3.63, 3.8) is 0 Å². The second-order valence-corrected chi connectivity index (χ2v) is 22.7. The first-order chi connectivity index (χ1) is 35.0. The van der Waals surface area contributed by atoms with Gasteiger partial charge in [-0.1, -0.05) is 207 Å². The predicted molar refractivity (Wildman–Crippen MR) is 305 cm³/mol. The summed E-state index contributed by atoms with van der Waals surface area (Å²) in [6.45, 7) is 20.0. The van der Waals surface area contributed by atoms with Crippen LogP contribution in [0.2, 0.25) is 0 Å². The maximum absolute atomic E-state index is 12.7. The molecule has 0 atom stereocenters. The van der Waals surface area contributed by atoms with Crippen LogP contribution in [0.4, 0.5) is 0 Å². The standard InChI is InChI=1S/C68H58N3O2.Pt/c1-66(2,3)46-28-31-58(52(38-46)42-21-14-11-15-22-42)71-59-26-18-25-49(62(59)70-65(71)55-39-47(67(4,5)6)40-56(63(55)72)68(7,8)9)45-35-53(57-37-44(33-34-69-57)41-19-12-10-13-20-41)64-54(36-45)61-51-29-27-43-23-16-17-24-48(43)50(51)30-32-60(61)73-64;/h10-34,36-40,72H,1-9H3;/q-1;. The molecular weight excluding hydrogens is 1090 g/mol. The Morgan fingerprint density at radius 2 is 1.22 bits per heavy atom. The molecule has 0 fully saturated rings. The Hall–Kier alpha value is -7.59. The van der Waals surface area contributed by atoms with E-state index in [4.69, 9.17) is 14.4 Å². The molecule has 0 aliphatic carbocycles. The van der Waals surface area contributed by atoms with Gasteiger partial charge < -0.3 is 9.52 Å². The van der Waals surface area contributed by atoms with E-state index in [0.29, 0.717) is 11.4 Å². The van der Waals surface area contributed by atoms with Crippen LogP contribution in [0.3, 0.4) is 0 Å². The zero-order valence-corrected chi connectivity index (χ0v) is 45.6. The number of aromatic hydroxyl groups is 1. The van der Waals surface area contributed by atoms with E-state index in [2.05, 4.69) is 243 Å². The number of rotatable bonds is 6. The Bertz CT molecular complexity index is 4150. The molecule has 0 spiro atoms. The van der Waals surface area contributed by atoms with Crippen molar-refractivity contribution < 1.29 is 30.6 Å². The van der Waals surface area contributed by atoms with E-state index in [1.807, 2.05) is 12.3 Å². The van der Waals surface area contributed by atoms with E-state index in [0.717, 1.165) is 105 Å². The average molecular weight is 1140 g/mol. The number of pyridine rings is 1. The molecule has 0 radical (unpaired) electrons. The van der Waals surface area contributed by atoms with Gasteiger partial charge in [0.1, 0.15) is 17.2 Å². The van der Waals surface area contributed by atoms with Crippen LogP contribution in [0.15, 0.2) is 187 Å². The van der Waals surface area contributed by atoms with E-state index in [1.165, 1.54) is 16.3 Å². The minimum Gasteiger partial charge on any atom is -0.507 e. The summed E-state index contributed by atoms with van der Waals surface area (Å²) in [4.78, 5) is 10.8. The Morgan fingerprint density at radius 3 is 1.95 bits per heavy atom. The summed E-state index contributed by atoms with van der Waals surface area (Å²) in [6.07, 6.45) is 1.88. The summed E-state index contributed by atoms with van der Waals surface area (Å²) in [5.74, 6) is 0.887. The van der Waals surface area contributed by atoms with E-state index in [-0.39, 0.29) is 43.1 Å². The molecule has 0 saturated carbocycles. The van der Waals surface area contributed by atoms with Crippen molar-refractivity contribution in [1.82, 2.24) is 14.5 Å². The SMILES string of the molecule is CC(C)(C)c1ccc(-n2c(-c3cc(C(C)(C)C)cc(C(C)(C)C)c3O)nc3c(-c4[c-]c(-c5cc(-c6ccccc6)ccn5)c5oc6ccc7c8ccccc8ccc7c6c5c4)cccc32)c(-c2ccccc2)c1.[Pt]. The number of phenols is 1. The number of para-hydroxylation sites is 1. The quantitative estimate of drug-likeness (QED) is 0.133. The molecule has 0 aliphatic rings. The van der Waals surface area contributed by atoms with Gasteiger partial charge in [-0.15, -0.1) is 17.7 Å². The minimum absolute atomic E-state index is 0. The van der Waals surface area contributed by atoms with Gasteiger partial charge in [-0.05, 0) is 107 Å². The van der Waals surface area contributed by atoms with Crippen molar-refractivity contribution in [1.29, 1.82) is 0 Å². The number of phenolic OH excluding ortho intramolecular Hbond substituents is 1. The molecule has 12 rings (SSSR count). The number of benzene rings is 9. The van der Waals surface area contributed by atoms with Gasteiger partial charge in [-0.3, -0.25) is 9.55 Å². The Balaban J connectivity index is 0.00000588. The maximum Gasteiger partial charge on any atom is 0.148 e. The number of aromatic nitrogens is 3. The Labute approximate surface area is 447 Å². The molecular formula is C68H58N3O2Pt-. The third kappa shape index (κ3) is 8.32. The van der Waals surface area contributed by atoms with Crippen molar-refractivity contribution >= 4 is 54.5 Å². The van der Waals surface area contributed by atoms with Crippen LogP contribution in [0.5, 0.6) is 5.75 Å². The fourth-order valence-corrected chi connectivity index (χ4v) is 10.7. The smallest absolute Gasteiger partial charge is 0.148 e. The zero-order chi connectivity index (χ0) is 50.6. The second-order valence-electron chi connectivity index (χ2n) is 22.7. The first-order valence-electron chi connectivity index (χ1n) is 25.4. The van der Waals surface area contributed by atoms with E-state index in [9.17, 15) is 5.11 Å². The molecule has 0 saturated heterocycles. The van der Waals surface area contributed by atoms with Crippen molar-refractivity contribution in [2.45, 2.75) is 78.6 Å². The van der Waals surface area contributed by atoms with Gasteiger partial charge in [0.05, 0.1) is 27.9 Å². The van der Waals surface area contributed by atoms with Crippen LogP contribution in [0.1, 0.15) is 79.0 Å². The molecule has 368 valence electrons. The fraction of sp³-hybridized carbons (Fsp3) is 0.176. The van der Waals surface area contributed by atoms with E-state index in [1.54, 1.807) is 0 Å². The van der Waals surface area contributed by atoms with Crippen LogP contribution in [0.25, 0.3) is 116 Å². The molecule has 3 heterocycles. The molecule has 0 bridgehead atoms. The van der Waals surface area contributed by atoms with Crippen LogP contribution >= 0.6 is 0 Å². The maximum atomic E-state index is 12.7. The third-order valence-electron chi connectivity index (χ3n) is 14.7. The van der Waals surface area contributed by atoms with Crippen molar-refractivity contribution in [2.24, 2.45) is 0 Å². The molecule has 5 nitrogen and oxygen atoms in total. The van der Waals surface area contributed by atoms with Crippen LogP contribution in [0, 0.1) is 6.07 Å². The summed E-state index contributed by atoms with van der Waals surface area (Å²) in [5, 5.41) is 19.4. The van der Waals surface area contributed by atoms with E-state index >= 15 is 0 Å². The minimum atomic E-state index is -0.359. The number of nitrogens with zero attached hydrogens (tertiary/aromatic N) is 3. The average Bonchev–Trinajstić information content (AvgIpc) is 3.97. The molecule has 74 heavy (non-hydrogen) atoms. The topological polar surface area (TPSA) is 64.1 Å². The Morgan fingerprint density at radius 1 is 0.527 bits per heavy atom. The fourth-order valence-electron chi connectivity index (χ4n) is 10.7. The van der Waals surface area contributed by atoms with Gasteiger partial charge in [0.2, 0.25) is 0 Å². The molecule has 6 heteroatoms. The van der Waals surface area contributed by atoms with Crippen LogP contribution < -0.4 is 0 Å². The number of hydrogen-bond donors (Lipinski definition) is 1. The zero-order valence-electron chi connectivity index (χ0n) is 43.3. The van der Waals surface area contributed by atoms with Crippen LogP contribution in [-0.2, 0) is 37.3 Å². The molecule has 0 aliphatic heterocycles. The second kappa shape index (κ2) is 18.1. The van der Waals surface area contributed by atoms with Gasteiger partial charge in [-0.25, -0.2) is 4.98 Å². The first kappa shape index (κ1) is 48.7. The number of hydrogen-bond acceptors (Lipinski definition) is 4. The van der Waals surface area contributed by atoms with Crippen molar-refractivity contribution in [3.8, 4) is 67.5 Å². The van der Waals surface area contributed by atoms with Crippen molar-refractivity contribution in [3.05, 3.63) is 205 Å². The number of imidazole rings is 1. The first-order valence-corrected chi connectivity index (χ1v) is 25.4. The number of furan rings is 1. The van der Waals surface area contributed by atoms with Gasteiger partial charge in [0, 0.05) is 49.5 Å². The van der Waals surface area contributed by atoms with E-state index < -0.39 is 0 Å². The van der Waals surface area contributed by atoms with Gasteiger partial charge >= 0.3 is 0 Å². The summed E-state index contributed by atoms with van der Waals surface area (Å²) >= 11 is 0. The van der Waals surface area contributed by atoms with Crippen LogP contribution in [-0.4, -0.2) is 19.6 Å².